The Kier molecular flexibility index (Phi) is 4.19. The second-order valence-electron chi connectivity index (χ2n) is 6.06. The van der Waals surface area contributed by atoms with E-state index in [2.05, 4.69) is 10.2 Å². The first-order valence-corrected chi connectivity index (χ1v) is 9.03. The van der Waals surface area contributed by atoms with E-state index in [1.165, 1.54) is 0 Å². The zero-order valence-electron chi connectivity index (χ0n) is 14.2. The van der Waals surface area contributed by atoms with Gasteiger partial charge >= 0.3 is 0 Å². The lowest BCUT2D eigenvalue weighted by molar-refractivity contribution is 0.102. The highest BCUT2D eigenvalue weighted by atomic mass is 32.1. The number of morpholine rings is 1. The molecule has 0 unspecified atom stereocenters. The highest BCUT2D eigenvalue weighted by molar-refractivity contribution is 7.22. The fourth-order valence-corrected chi connectivity index (χ4v) is 3.99. The summed E-state index contributed by atoms with van der Waals surface area (Å²) in [7, 11) is 0. The van der Waals surface area contributed by atoms with Crippen LogP contribution in [0.3, 0.4) is 0 Å². The van der Waals surface area contributed by atoms with Crippen LogP contribution in [0.5, 0.6) is 0 Å². The molecule has 4 rings (SSSR count). The van der Waals surface area contributed by atoms with E-state index in [0.717, 1.165) is 53.1 Å². The number of ether oxygens (including phenoxy) is 1. The molecule has 1 fully saturated rings. The molecular formula is C18H19N3O3S. The van der Waals surface area contributed by atoms with Crippen molar-refractivity contribution in [2.24, 2.45) is 0 Å². The van der Waals surface area contributed by atoms with Crippen LogP contribution in [0.1, 0.15) is 21.9 Å². The maximum atomic E-state index is 12.4. The molecule has 1 aliphatic rings. The van der Waals surface area contributed by atoms with Crippen LogP contribution in [-0.2, 0) is 4.74 Å². The van der Waals surface area contributed by atoms with Gasteiger partial charge in [-0.15, -0.1) is 0 Å². The second-order valence-corrected chi connectivity index (χ2v) is 7.07. The van der Waals surface area contributed by atoms with Crippen molar-refractivity contribution in [2.45, 2.75) is 13.8 Å². The number of thiazole rings is 1. The van der Waals surface area contributed by atoms with Crippen molar-refractivity contribution in [3.8, 4) is 0 Å². The van der Waals surface area contributed by atoms with Crippen molar-refractivity contribution in [1.29, 1.82) is 0 Å². The predicted octanol–water partition coefficient (Wildman–Crippen LogP) is 3.60. The smallest absolute Gasteiger partial charge is 0.259 e. The molecule has 1 aromatic carbocycles. The van der Waals surface area contributed by atoms with Crippen LogP contribution in [0.15, 0.2) is 28.7 Å². The molecule has 25 heavy (non-hydrogen) atoms. The van der Waals surface area contributed by atoms with E-state index in [1.807, 2.05) is 25.1 Å². The summed E-state index contributed by atoms with van der Waals surface area (Å²) in [6.45, 7) is 6.83. The molecule has 2 aromatic heterocycles. The SMILES string of the molecule is Cc1cc(C(=O)Nc2ccc3nc(N4CCOCC4)sc3c2)c(C)o1. The summed E-state index contributed by atoms with van der Waals surface area (Å²) in [5.74, 6) is 1.20. The van der Waals surface area contributed by atoms with Crippen molar-refractivity contribution in [3.63, 3.8) is 0 Å². The van der Waals surface area contributed by atoms with E-state index in [9.17, 15) is 4.79 Å². The number of rotatable bonds is 3. The number of amides is 1. The molecule has 0 bridgehead atoms. The molecule has 130 valence electrons. The van der Waals surface area contributed by atoms with Crippen LogP contribution >= 0.6 is 11.3 Å². The van der Waals surface area contributed by atoms with E-state index < -0.39 is 0 Å². The van der Waals surface area contributed by atoms with Crippen LogP contribution in [-0.4, -0.2) is 37.2 Å². The topological polar surface area (TPSA) is 67.6 Å². The Labute approximate surface area is 149 Å². The summed E-state index contributed by atoms with van der Waals surface area (Å²) in [6, 6.07) is 7.55. The number of nitrogens with zero attached hydrogens (tertiary/aromatic N) is 2. The van der Waals surface area contributed by atoms with Crippen LogP contribution in [0.4, 0.5) is 10.8 Å². The van der Waals surface area contributed by atoms with Crippen molar-refractivity contribution >= 4 is 38.3 Å². The zero-order valence-corrected chi connectivity index (χ0v) is 15.0. The average molecular weight is 357 g/mol. The van der Waals surface area contributed by atoms with Crippen molar-refractivity contribution in [2.75, 3.05) is 36.5 Å². The third kappa shape index (κ3) is 3.25. The van der Waals surface area contributed by atoms with Crippen LogP contribution < -0.4 is 10.2 Å². The van der Waals surface area contributed by atoms with Gasteiger partial charge in [0.15, 0.2) is 5.13 Å². The number of furan rings is 1. The standard InChI is InChI=1S/C18H19N3O3S/c1-11-9-14(12(2)24-11)17(22)19-13-3-4-15-16(10-13)25-18(20-15)21-5-7-23-8-6-21/h3-4,9-10H,5-8H2,1-2H3,(H,19,22). The summed E-state index contributed by atoms with van der Waals surface area (Å²) in [6.07, 6.45) is 0. The van der Waals surface area contributed by atoms with Gasteiger partial charge in [0.05, 0.1) is 29.0 Å². The van der Waals surface area contributed by atoms with Gasteiger partial charge in [-0.1, -0.05) is 11.3 Å². The Morgan fingerprint density at radius 3 is 2.76 bits per heavy atom. The van der Waals surface area contributed by atoms with E-state index in [1.54, 1.807) is 24.3 Å². The van der Waals surface area contributed by atoms with Gasteiger partial charge in [0.2, 0.25) is 0 Å². The first-order chi connectivity index (χ1) is 12.1. The Balaban J connectivity index is 1.56. The molecule has 1 amide bonds. The number of hydrogen-bond acceptors (Lipinski definition) is 6. The number of hydrogen-bond donors (Lipinski definition) is 1. The Hall–Kier alpha value is -2.38. The van der Waals surface area contributed by atoms with Gasteiger partial charge in [-0.05, 0) is 38.1 Å². The number of aromatic nitrogens is 1. The fraction of sp³-hybridized carbons (Fsp3) is 0.333. The minimum absolute atomic E-state index is 0.161. The summed E-state index contributed by atoms with van der Waals surface area (Å²) >= 11 is 1.64. The van der Waals surface area contributed by atoms with Gasteiger partial charge in [-0.3, -0.25) is 4.79 Å². The average Bonchev–Trinajstić information content (AvgIpc) is 3.18. The van der Waals surface area contributed by atoms with Gasteiger partial charge in [0.25, 0.3) is 5.91 Å². The monoisotopic (exact) mass is 357 g/mol. The number of benzene rings is 1. The fourth-order valence-electron chi connectivity index (χ4n) is 2.93. The van der Waals surface area contributed by atoms with Crippen LogP contribution in [0.25, 0.3) is 10.2 Å². The van der Waals surface area contributed by atoms with Crippen molar-refractivity contribution < 1.29 is 13.9 Å². The molecule has 0 radical (unpaired) electrons. The molecule has 0 saturated carbocycles. The number of anilines is 2. The molecule has 0 atom stereocenters. The summed E-state index contributed by atoms with van der Waals surface area (Å²) in [5.41, 5.74) is 2.27. The third-order valence-electron chi connectivity index (χ3n) is 4.20. The van der Waals surface area contributed by atoms with E-state index in [4.69, 9.17) is 14.1 Å². The lowest BCUT2D eigenvalue weighted by Crippen LogP contribution is -2.36. The highest BCUT2D eigenvalue weighted by Gasteiger charge is 2.17. The number of aryl methyl sites for hydroxylation is 2. The number of fused-ring (bicyclic) bond motifs is 1. The number of carbonyl (C=O) groups excluding carboxylic acids is 1. The van der Waals surface area contributed by atoms with Crippen molar-refractivity contribution in [1.82, 2.24) is 4.98 Å². The molecule has 3 aromatic rings. The molecule has 6 nitrogen and oxygen atoms in total. The van der Waals surface area contributed by atoms with Gasteiger partial charge < -0.3 is 19.4 Å². The zero-order chi connectivity index (χ0) is 17.4. The minimum atomic E-state index is -0.161. The lowest BCUT2D eigenvalue weighted by atomic mass is 10.2. The van der Waals surface area contributed by atoms with Gasteiger partial charge in [-0.2, -0.15) is 0 Å². The van der Waals surface area contributed by atoms with Gasteiger partial charge in [0.1, 0.15) is 11.5 Å². The van der Waals surface area contributed by atoms with Gasteiger partial charge in [0, 0.05) is 18.8 Å². The Morgan fingerprint density at radius 1 is 1.24 bits per heavy atom. The molecule has 1 saturated heterocycles. The van der Waals surface area contributed by atoms with E-state index in [-0.39, 0.29) is 5.91 Å². The van der Waals surface area contributed by atoms with E-state index in [0.29, 0.717) is 11.3 Å². The Morgan fingerprint density at radius 2 is 2.04 bits per heavy atom. The van der Waals surface area contributed by atoms with E-state index >= 15 is 0 Å². The highest BCUT2D eigenvalue weighted by Crippen LogP contribution is 2.31. The molecule has 3 heterocycles. The third-order valence-corrected chi connectivity index (χ3v) is 5.28. The number of carbonyl (C=O) groups is 1. The normalized spacial score (nSPS) is 14.9. The molecule has 0 spiro atoms. The minimum Gasteiger partial charge on any atom is -0.466 e. The molecule has 1 N–H and O–H groups in total. The quantitative estimate of drug-likeness (QED) is 0.776. The summed E-state index contributed by atoms with van der Waals surface area (Å²) in [4.78, 5) is 19.4. The first-order valence-electron chi connectivity index (χ1n) is 8.22. The maximum absolute atomic E-state index is 12.4. The summed E-state index contributed by atoms with van der Waals surface area (Å²) < 4.78 is 11.9. The molecule has 7 heteroatoms. The lowest BCUT2D eigenvalue weighted by Gasteiger charge is -2.25. The number of nitrogens with one attached hydrogen (secondary N) is 1. The molecule has 0 aliphatic carbocycles. The first kappa shape index (κ1) is 16.1. The second kappa shape index (κ2) is 6.50. The van der Waals surface area contributed by atoms with Gasteiger partial charge in [-0.25, -0.2) is 4.98 Å². The molecular weight excluding hydrogens is 338 g/mol. The largest absolute Gasteiger partial charge is 0.466 e. The van der Waals surface area contributed by atoms with Crippen molar-refractivity contribution in [3.05, 3.63) is 41.3 Å². The maximum Gasteiger partial charge on any atom is 0.259 e. The van der Waals surface area contributed by atoms with Crippen LogP contribution in [0, 0.1) is 13.8 Å². The Bertz CT molecular complexity index is 925. The van der Waals surface area contributed by atoms with Crippen LogP contribution in [0.2, 0.25) is 0 Å². The summed E-state index contributed by atoms with van der Waals surface area (Å²) in [5, 5.41) is 3.94. The molecule has 1 aliphatic heterocycles. The predicted molar refractivity (Wildman–Crippen MR) is 98.8 cm³/mol.